The zero-order chi connectivity index (χ0) is 4.50. The summed E-state index contributed by atoms with van der Waals surface area (Å²) < 4.78 is 34.0. The van der Waals surface area contributed by atoms with Gasteiger partial charge in [-0.2, -0.15) is 0 Å². The van der Waals surface area contributed by atoms with Gasteiger partial charge in [0.05, 0.1) is 0 Å². The molecule has 0 radical (unpaired) electrons. The first-order valence-electron chi connectivity index (χ1n) is 0.617. The van der Waals surface area contributed by atoms with Crippen LogP contribution in [0.2, 0.25) is 0 Å². The average molecular weight is 155 g/mol. The van der Waals surface area contributed by atoms with E-state index < -0.39 is 10.2 Å². The summed E-state index contributed by atoms with van der Waals surface area (Å²) in [6.45, 7) is 0. The van der Waals surface area contributed by atoms with Crippen molar-refractivity contribution in [2.45, 2.75) is 0 Å². The molecule has 4 nitrogen and oxygen atoms in total. The van der Waals surface area contributed by atoms with Crippen LogP contribution in [0.15, 0.2) is 0 Å². The summed E-state index contributed by atoms with van der Waals surface area (Å²) in [6, 6.07) is 0. The molecule has 6 heteroatoms. The molecule has 0 aliphatic carbocycles. The first kappa shape index (κ1) is 9.82. The van der Waals surface area contributed by atoms with Gasteiger partial charge in [0.15, 0.2) is 0 Å². The Bertz CT molecular complexity index is 23.0. The molecule has 0 aromatic carbocycles. The smallest absolute Gasteiger partial charge is 0 e. The fourth-order valence-corrected chi connectivity index (χ4v) is 0. The summed E-state index contributed by atoms with van der Waals surface area (Å²) in [6.07, 6.45) is 0. The van der Waals surface area contributed by atoms with Crippen molar-refractivity contribution >= 4 is 0 Å². The molecule has 0 N–H and O–H groups in total. The van der Waals surface area contributed by atoms with E-state index in [1.807, 2.05) is 0 Å². The molecule has 0 rings (SSSR count). The summed E-state index contributed by atoms with van der Waals surface area (Å²) in [7, 11) is -4.94. The maximum Gasteiger partial charge on any atom is 0 e. The van der Waals surface area contributed by atoms with Crippen molar-refractivity contribution in [3.8, 4) is 0 Å². The third-order valence-electron chi connectivity index (χ3n) is 0. The Labute approximate surface area is 46.6 Å². The normalized spacial score (nSPS) is 10.0. The van der Waals surface area contributed by atoms with Crippen molar-refractivity contribution in [1.29, 1.82) is 0 Å². The van der Waals surface area contributed by atoms with Gasteiger partial charge in [0, 0.05) is 17.1 Å². The molecule has 0 aromatic heterocycles. The van der Waals surface area contributed by atoms with Crippen molar-refractivity contribution in [1.82, 2.24) is 0 Å². The second-order valence-corrected chi connectivity index (χ2v) is 1.13. The minimum atomic E-state index is -4.94. The molecule has 40 valence electrons. The predicted molar refractivity (Wildman–Crippen MR) is 0 cm³/mol. The van der Waals surface area contributed by atoms with Gasteiger partial charge in [-0.15, -0.1) is 10.2 Å². The van der Waals surface area contributed by atoms with E-state index in [2.05, 4.69) is 0 Å². The molecule has 0 spiro atoms. The van der Waals surface area contributed by atoms with E-state index in [1.165, 1.54) is 0 Å². The monoisotopic (exact) mass is 155 g/mol. The van der Waals surface area contributed by atoms with Crippen LogP contribution in [0.25, 0.3) is 0 Å². The fourth-order valence-electron chi connectivity index (χ4n) is 0. The van der Waals surface area contributed by atoms with E-state index in [1.54, 1.807) is 0 Å². The maximum absolute atomic E-state index is 8.49. The molecule has 0 aliphatic rings. The molecule has 0 aromatic rings. The Kier molecular flexibility index (Phi) is 4.52. The number of rotatable bonds is 0. The third-order valence-corrected chi connectivity index (χ3v) is 0. The van der Waals surface area contributed by atoms with Gasteiger partial charge in [0.25, 0.3) is 0 Å². The van der Waals surface area contributed by atoms with Crippen LogP contribution in [0.4, 0.5) is 0 Å². The first-order chi connectivity index (χ1) is 2.00. The zero-order valence-electron chi connectivity index (χ0n) is 2.36. The SMILES string of the molecule is [Fe].[O-][Cl+3]([O-])([O-])[O-]. The molecule has 0 saturated heterocycles. The van der Waals surface area contributed by atoms with E-state index in [0.717, 1.165) is 0 Å². The zero-order valence-corrected chi connectivity index (χ0v) is 4.22. The van der Waals surface area contributed by atoms with Gasteiger partial charge in [0.1, 0.15) is 0 Å². The van der Waals surface area contributed by atoms with Crippen LogP contribution in [0.3, 0.4) is 0 Å². The predicted octanol–water partition coefficient (Wildman–Crippen LogP) is -4.76. The quantitative estimate of drug-likeness (QED) is 0.328. The summed E-state index contributed by atoms with van der Waals surface area (Å²) in [5, 5.41) is 0. The molecule has 0 amide bonds. The maximum atomic E-state index is 8.49. The Morgan fingerprint density at radius 1 is 0.833 bits per heavy atom. The minimum absolute atomic E-state index is 0. The molecule has 0 heterocycles. The molecule has 0 fully saturated rings. The summed E-state index contributed by atoms with van der Waals surface area (Å²) in [5.41, 5.74) is 0. The van der Waals surface area contributed by atoms with E-state index in [4.69, 9.17) is 18.6 Å². The average Bonchev–Trinajstić information content (AvgIpc) is 0.722. The van der Waals surface area contributed by atoms with Crippen LogP contribution < -0.4 is 18.6 Å². The molecule has 0 unspecified atom stereocenters. The molecular weight excluding hydrogens is 155 g/mol. The fraction of sp³-hybridized carbons (Fsp3) is 0. The molecule has 0 atom stereocenters. The largest absolute Gasteiger partial charge is 0.222 e. The Hall–Kier alpha value is 0.649. The van der Waals surface area contributed by atoms with Crippen molar-refractivity contribution < 1.29 is 45.9 Å². The molecule has 0 saturated carbocycles. The molecule has 0 bridgehead atoms. The third kappa shape index (κ3) is 147. The van der Waals surface area contributed by atoms with E-state index in [0.29, 0.717) is 0 Å². The molecule has 0 aliphatic heterocycles. The second kappa shape index (κ2) is 2.76. The minimum Gasteiger partial charge on any atom is -0.222 e. The van der Waals surface area contributed by atoms with Crippen LogP contribution >= 0.6 is 0 Å². The standard InChI is InChI=1S/ClHO4.Fe/c2-1(3,4)5;/h(H,2,3,4,5);/p-1. The Morgan fingerprint density at radius 2 is 0.833 bits per heavy atom. The van der Waals surface area contributed by atoms with Gasteiger partial charge >= 0.3 is 0 Å². The molecular formula is ClFeO4-. The van der Waals surface area contributed by atoms with Gasteiger partial charge in [0.2, 0.25) is 0 Å². The number of hydrogen-bond donors (Lipinski definition) is 0. The van der Waals surface area contributed by atoms with Gasteiger partial charge in [-0.3, -0.25) is 0 Å². The van der Waals surface area contributed by atoms with Crippen LogP contribution in [0.1, 0.15) is 0 Å². The van der Waals surface area contributed by atoms with Crippen LogP contribution in [0.5, 0.6) is 0 Å². The van der Waals surface area contributed by atoms with Gasteiger partial charge < -0.3 is 0 Å². The van der Waals surface area contributed by atoms with Gasteiger partial charge in [-0.25, -0.2) is 18.6 Å². The van der Waals surface area contributed by atoms with Crippen molar-refractivity contribution in [2.75, 3.05) is 0 Å². The number of hydrogen-bond acceptors (Lipinski definition) is 4. The summed E-state index contributed by atoms with van der Waals surface area (Å²) >= 11 is 0. The Balaban J connectivity index is 0. The van der Waals surface area contributed by atoms with Crippen LogP contribution in [-0.2, 0) is 17.1 Å². The topological polar surface area (TPSA) is 92.2 Å². The van der Waals surface area contributed by atoms with E-state index in [-0.39, 0.29) is 17.1 Å². The Morgan fingerprint density at radius 3 is 0.833 bits per heavy atom. The van der Waals surface area contributed by atoms with Gasteiger partial charge in [-0.1, -0.05) is 0 Å². The first-order valence-corrected chi connectivity index (χ1v) is 1.85. The van der Waals surface area contributed by atoms with Crippen molar-refractivity contribution in [3.05, 3.63) is 0 Å². The van der Waals surface area contributed by atoms with Crippen molar-refractivity contribution in [2.24, 2.45) is 0 Å². The summed E-state index contributed by atoms with van der Waals surface area (Å²) in [5.74, 6) is 0. The van der Waals surface area contributed by atoms with Crippen LogP contribution in [-0.4, -0.2) is 0 Å². The molecule has 6 heavy (non-hydrogen) atoms. The van der Waals surface area contributed by atoms with Gasteiger partial charge in [-0.05, 0) is 0 Å². The van der Waals surface area contributed by atoms with Crippen molar-refractivity contribution in [3.63, 3.8) is 0 Å². The number of halogens is 1. The van der Waals surface area contributed by atoms with E-state index in [9.17, 15) is 0 Å². The van der Waals surface area contributed by atoms with E-state index >= 15 is 0 Å². The summed E-state index contributed by atoms with van der Waals surface area (Å²) in [4.78, 5) is 0. The second-order valence-electron chi connectivity index (χ2n) is 0.378. The van der Waals surface area contributed by atoms with Crippen LogP contribution in [0, 0.1) is 10.2 Å².